The molecule has 0 saturated carbocycles. The van der Waals surface area contributed by atoms with Crippen LogP contribution < -0.4 is 11.5 Å². The number of anilines is 1. The number of rotatable bonds is 4. The Balaban J connectivity index is 0.000000293. The maximum absolute atomic E-state index is 10.4. The van der Waals surface area contributed by atoms with E-state index in [9.17, 15) is 35.1 Å². The number of nitrogen functional groups attached to an aromatic ring is 1. The number of amides is 1. The average Bonchev–Trinajstić information content (AvgIpc) is 2.93. The highest BCUT2D eigenvalue weighted by atomic mass is 16.6. The predicted molar refractivity (Wildman–Crippen MR) is 77.4 cm³/mol. The van der Waals surface area contributed by atoms with Gasteiger partial charge in [0, 0.05) is 0 Å². The number of aromatic nitrogens is 3. The van der Waals surface area contributed by atoms with Crippen molar-refractivity contribution in [2.45, 2.75) is 0 Å². The van der Waals surface area contributed by atoms with Crippen LogP contribution in [0.3, 0.4) is 0 Å². The molecule has 2 aromatic rings. The van der Waals surface area contributed by atoms with E-state index >= 15 is 0 Å². The van der Waals surface area contributed by atoms with Crippen molar-refractivity contribution in [1.29, 1.82) is 0 Å². The van der Waals surface area contributed by atoms with Crippen LogP contribution in [0.4, 0.5) is 22.9 Å². The van der Waals surface area contributed by atoms with Crippen molar-refractivity contribution in [2.75, 3.05) is 5.73 Å². The van der Waals surface area contributed by atoms with Crippen molar-refractivity contribution in [2.24, 2.45) is 5.73 Å². The largest absolute Gasteiger partial charge is 0.497 e. The third-order valence-electron chi connectivity index (χ3n) is 2.47. The number of aromatic hydroxyl groups is 1. The van der Waals surface area contributed by atoms with Crippen molar-refractivity contribution in [3.05, 3.63) is 48.2 Å². The van der Waals surface area contributed by atoms with E-state index in [2.05, 4.69) is 15.4 Å². The van der Waals surface area contributed by atoms with Gasteiger partial charge in [0.25, 0.3) is 17.3 Å². The second kappa shape index (κ2) is 7.26. The number of carbonyl (C=O) groups excluding carboxylic acids is 1. The molecule has 0 aliphatic heterocycles. The molecule has 0 atom stereocenters. The fourth-order valence-corrected chi connectivity index (χ4v) is 1.39. The first-order valence-electron chi connectivity index (χ1n) is 5.82. The van der Waals surface area contributed by atoms with Gasteiger partial charge in [0.05, 0.1) is 26.9 Å². The maximum atomic E-state index is 10.4. The summed E-state index contributed by atoms with van der Waals surface area (Å²) in [5.41, 5.74) is 6.93. The van der Waals surface area contributed by atoms with Gasteiger partial charge in [-0.15, -0.1) is 10.2 Å². The lowest BCUT2D eigenvalue weighted by atomic mass is 10.2. The fraction of sp³-hybridized carbons (Fsp3) is 0. The van der Waals surface area contributed by atoms with Crippen molar-refractivity contribution in [3.63, 3.8) is 0 Å². The molecule has 0 bridgehead atoms. The number of aromatic amines is 1. The van der Waals surface area contributed by atoms with E-state index < -0.39 is 43.5 Å². The lowest BCUT2D eigenvalue weighted by Crippen LogP contribution is -2.13. The third-order valence-corrected chi connectivity index (χ3v) is 2.47. The molecule has 1 heterocycles. The highest BCUT2D eigenvalue weighted by Crippen LogP contribution is 2.38. The number of benzene rings is 1. The Labute approximate surface area is 135 Å². The van der Waals surface area contributed by atoms with Crippen molar-refractivity contribution >= 4 is 28.8 Å². The number of hydrogen-bond donors (Lipinski definition) is 4. The Bertz CT molecular complexity index is 826. The molecule has 1 aromatic heterocycles. The van der Waals surface area contributed by atoms with Crippen LogP contribution in [0.2, 0.25) is 0 Å². The van der Waals surface area contributed by atoms with Gasteiger partial charge in [-0.3, -0.25) is 35.1 Å². The predicted octanol–water partition coefficient (Wildman–Crippen LogP) is -0.397. The molecule has 0 unspecified atom stereocenters. The summed E-state index contributed by atoms with van der Waals surface area (Å²) in [4.78, 5) is 38.1. The number of hydrogen-bond acceptors (Lipinski definition) is 11. The molecule has 16 heteroatoms. The van der Waals surface area contributed by atoms with Crippen LogP contribution in [0.15, 0.2) is 12.1 Å². The molecule has 0 fully saturated rings. The van der Waals surface area contributed by atoms with Crippen LogP contribution in [0.1, 0.15) is 10.5 Å². The summed E-state index contributed by atoms with van der Waals surface area (Å²) < 4.78 is 0. The van der Waals surface area contributed by atoms with Gasteiger partial charge in [-0.25, -0.2) is 0 Å². The van der Waals surface area contributed by atoms with Gasteiger partial charge < -0.3 is 16.6 Å². The Morgan fingerprint density at radius 1 is 1.04 bits per heavy atom. The molecule has 2 rings (SSSR count). The van der Waals surface area contributed by atoms with Crippen LogP contribution in [0.5, 0.6) is 5.75 Å². The summed E-state index contributed by atoms with van der Waals surface area (Å²) in [5, 5.41) is 49.1. The summed E-state index contributed by atoms with van der Waals surface area (Å²) >= 11 is 0. The number of non-ortho nitro benzene ring substituents is 1. The Kier molecular flexibility index (Phi) is 5.43. The first-order valence-corrected chi connectivity index (χ1v) is 5.82. The summed E-state index contributed by atoms with van der Waals surface area (Å²) in [6.07, 6.45) is 0. The van der Waals surface area contributed by atoms with Gasteiger partial charge in [-0.2, -0.15) is 5.21 Å². The van der Waals surface area contributed by atoms with Gasteiger partial charge >= 0.3 is 11.4 Å². The van der Waals surface area contributed by atoms with Crippen molar-refractivity contribution < 1.29 is 24.7 Å². The second-order valence-corrected chi connectivity index (χ2v) is 4.03. The van der Waals surface area contributed by atoms with Crippen LogP contribution in [-0.4, -0.2) is 41.2 Å². The normalized spacial score (nSPS) is 9.60. The molecule has 1 amide bonds. The number of phenolic OH excluding ortho intramolecular Hbond substituents is 1. The van der Waals surface area contributed by atoms with E-state index in [1.165, 1.54) is 0 Å². The van der Waals surface area contributed by atoms with Gasteiger partial charge in [0.2, 0.25) is 0 Å². The number of carbonyl (C=O) groups is 1. The van der Waals surface area contributed by atoms with E-state index in [1.54, 1.807) is 0 Å². The van der Waals surface area contributed by atoms with Gasteiger partial charge in [-0.1, -0.05) is 0 Å². The third kappa shape index (κ3) is 4.31. The van der Waals surface area contributed by atoms with Crippen LogP contribution in [0.25, 0.3) is 0 Å². The molecular formula is C9H8N8O8. The smallest absolute Gasteiger partial charge is 0.324 e. The second-order valence-electron chi connectivity index (χ2n) is 4.03. The number of nitrogens with zero attached hydrogens (tertiary/aromatic N) is 5. The topological polar surface area (TPSA) is 260 Å². The molecule has 0 saturated heterocycles. The molecule has 132 valence electrons. The molecular weight excluding hydrogens is 348 g/mol. The zero-order chi connectivity index (χ0) is 19.3. The molecule has 0 aliphatic rings. The zero-order valence-electron chi connectivity index (χ0n) is 11.9. The fourth-order valence-electron chi connectivity index (χ4n) is 1.39. The minimum absolute atomic E-state index is 0.0185. The molecule has 0 spiro atoms. The standard InChI is InChI=1S/C6H3N3O7.C3H5N5O/c10-6-4(8(13)14)1-3(7(11)12)2-5(6)9(15)16;4-2-1(3(5)9)6-8-7-2/h1-2,10H;(H2,5,9)(H3,4,6,7,8). The minimum atomic E-state index is -1.21. The Morgan fingerprint density at radius 3 is 1.76 bits per heavy atom. The van der Waals surface area contributed by atoms with E-state index in [4.69, 9.17) is 16.6 Å². The number of nitrogens with two attached hydrogens (primary N) is 2. The number of nitro groups is 3. The molecule has 16 nitrogen and oxygen atoms in total. The summed E-state index contributed by atoms with van der Waals surface area (Å²) in [7, 11) is 0. The Morgan fingerprint density at radius 2 is 1.52 bits per heavy atom. The number of nitro benzene ring substituents is 3. The van der Waals surface area contributed by atoms with E-state index in [0.29, 0.717) is 12.1 Å². The first kappa shape index (κ1) is 18.7. The van der Waals surface area contributed by atoms with Gasteiger partial charge in [0.1, 0.15) is 0 Å². The first-order chi connectivity index (χ1) is 11.6. The van der Waals surface area contributed by atoms with Gasteiger partial charge in [0.15, 0.2) is 11.5 Å². The Hall–Kier alpha value is -4.37. The summed E-state index contributed by atoms with van der Waals surface area (Å²) in [5.74, 6) is -1.86. The minimum Gasteiger partial charge on any atom is -0.497 e. The van der Waals surface area contributed by atoms with E-state index in [-0.39, 0.29) is 11.5 Å². The van der Waals surface area contributed by atoms with Crippen LogP contribution in [0, 0.1) is 30.3 Å². The summed E-state index contributed by atoms with van der Waals surface area (Å²) in [6.45, 7) is 0. The number of nitrogens with one attached hydrogen (secondary N) is 1. The van der Waals surface area contributed by atoms with Crippen LogP contribution in [-0.2, 0) is 0 Å². The monoisotopic (exact) mass is 356 g/mol. The van der Waals surface area contributed by atoms with E-state index in [1.807, 2.05) is 0 Å². The highest BCUT2D eigenvalue weighted by molar-refractivity contribution is 5.94. The van der Waals surface area contributed by atoms with Crippen molar-refractivity contribution in [3.8, 4) is 5.75 Å². The number of phenols is 1. The van der Waals surface area contributed by atoms with E-state index in [0.717, 1.165) is 0 Å². The molecule has 0 radical (unpaired) electrons. The van der Waals surface area contributed by atoms with Crippen LogP contribution >= 0.6 is 0 Å². The van der Waals surface area contributed by atoms with Crippen molar-refractivity contribution in [1.82, 2.24) is 15.4 Å². The zero-order valence-corrected chi connectivity index (χ0v) is 11.9. The number of H-pyrrole nitrogens is 1. The number of primary amides is 1. The maximum Gasteiger partial charge on any atom is 0.324 e. The lowest BCUT2D eigenvalue weighted by Gasteiger charge is -1.97. The quantitative estimate of drug-likeness (QED) is 0.404. The SMILES string of the molecule is NC(=O)c1n[nH]nc1N.O=[N+]([O-])c1cc([N+](=O)[O-])c(O)c([N+](=O)[O-])c1. The summed E-state index contributed by atoms with van der Waals surface area (Å²) in [6, 6.07) is 0.894. The molecule has 0 aliphatic carbocycles. The highest BCUT2D eigenvalue weighted by Gasteiger charge is 2.30. The van der Waals surface area contributed by atoms with Gasteiger partial charge in [-0.05, 0) is 0 Å². The molecule has 25 heavy (non-hydrogen) atoms. The molecule has 1 aromatic carbocycles. The lowest BCUT2D eigenvalue weighted by molar-refractivity contribution is -0.404. The average molecular weight is 356 g/mol. The molecule has 6 N–H and O–H groups in total.